The van der Waals surface area contributed by atoms with Crippen LogP contribution in [0.15, 0.2) is 30.5 Å². The summed E-state index contributed by atoms with van der Waals surface area (Å²) in [6, 6.07) is 7.91. The first-order valence-electron chi connectivity index (χ1n) is 6.28. The second-order valence-corrected chi connectivity index (χ2v) is 4.71. The van der Waals surface area contributed by atoms with Gasteiger partial charge in [-0.3, -0.25) is 0 Å². The molecule has 0 atom stereocenters. The minimum atomic E-state index is 0.481. The number of hydrogen-bond donors (Lipinski definition) is 0. The van der Waals surface area contributed by atoms with Gasteiger partial charge >= 0.3 is 0 Å². The van der Waals surface area contributed by atoms with Gasteiger partial charge in [0.15, 0.2) is 0 Å². The van der Waals surface area contributed by atoms with E-state index in [-0.39, 0.29) is 0 Å². The molecule has 0 bridgehead atoms. The molecule has 0 amide bonds. The van der Waals surface area contributed by atoms with Gasteiger partial charge in [0.25, 0.3) is 0 Å². The largest absolute Gasteiger partial charge is 0.221 e. The van der Waals surface area contributed by atoms with E-state index < -0.39 is 0 Å². The summed E-state index contributed by atoms with van der Waals surface area (Å²) in [7, 11) is 0. The van der Waals surface area contributed by atoms with Crippen molar-refractivity contribution in [3.05, 3.63) is 41.2 Å². The molecule has 1 aromatic carbocycles. The summed E-state index contributed by atoms with van der Waals surface area (Å²) in [5.74, 6) is 0.483. The van der Waals surface area contributed by atoms with Crippen LogP contribution in [-0.2, 0) is 6.54 Å². The molecule has 0 radical (unpaired) electrons. The van der Waals surface area contributed by atoms with Crippen molar-refractivity contribution in [3.8, 4) is 17.1 Å². The predicted octanol–water partition coefficient (Wildman–Crippen LogP) is 2.51. The van der Waals surface area contributed by atoms with E-state index >= 15 is 0 Å². The molecule has 2 aromatic heterocycles. The normalized spacial score (nSPS) is 10.9. The number of benzene rings is 1. The second kappa shape index (κ2) is 5.05. The number of rotatable bonds is 3. The molecular formula is C13H13ClN6. The number of aromatic nitrogens is 6. The van der Waals surface area contributed by atoms with Crippen LogP contribution in [0.4, 0.5) is 0 Å². The quantitative estimate of drug-likeness (QED) is 0.743. The van der Waals surface area contributed by atoms with Crippen molar-refractivity contribution in [2.24, 2.45) is 0 Å². The number of halogens is 1. The van der Waals surface area contributed by atoms with Crippen LogP contribution < -0.4 is 0 Å². The van der Waals surface area contributed by atoms with Gasteiger partial charge in [-0.2, -0.15) is 9.90 Å². The van der Waals surface area contributed by atoms with Gasteiger partial charge in [-0.05, 0) is 30.7 Å². The summed E-state index contributed by atoms with van der Waals surface area (Å²) in [6.45, 7) is 4.62. The summed E-state index contributed by atoms with van der Waals surface area (Å²) in [4.78, 5) is 1.51. The Morgan fingerprint density at radius 1 is 1.25 bits per heavy atom. The molecule has 0 saturated heterocycles. The van der Waals surface area contributed by atoms with Crippen LogP contribution in [0.5, 0.6) is 0 Å². The van der Waals surface area contributed by atoms with E-state index in [1.54, 1.807) is 10.9 Å². The molecule has 0 saturated carbocycles. The van der Waals surface area contributed by atoms with Gasteiger partial charge in [-0.1, -0.05) is 29.8 Å². The van der Waals surface area contributed by atoms with Crippen LogP contribution in [0.2, 0.25) is 5.15 Å². The van der Waals surface area contributed by atoms with Crippen molar-refractivity contribution in [1.29, 1.82) is 0 Å². The van der Waals surface area contributed by atoms with Crippen molar-refractivity contribution < 1.29 is 0 Å². The van der Waals surface area contributed by atoms with Crippen molar-refractivity contribution in [3.63, 3.8) is 0 Å². The van der Waals surface area contributed by atoms with Crippen molar-refractivity contribution in [1.82, 2.24) is 30.0 Å². The van der Waals surface area contributed by atoms with E-state index in [1.165, 1.54) is 4.80 Å². The molecule has 0 spiro atoms. The van der Waals surface area contributed by atoms with E-state index in [4.69, 9.17) is 11.6 Å². The van der Waals surface area contributed by atoms with Gasteiger partial charge in [0.1, 0.15) is 5.15 Å². The van der Waals surface area contributed by atoms with Gasteiger partial charge in [0.2, 0.25) is 5.82 Å². The van der Waals surface area contributed by atoms with Gasteiger partial charge in [-0.15, -0.1) is 10.2 Å². The molecule has 0 fully saturated rings. The molecule has 0 aliphatic heterocycles. The van der Waals surface area contributed by atoms with E-state index in [0.717, 1.165) is 11.3 Å². The first kappa shape index (κ1) is 12.8. The van der Waals surface area contributed by atoms with E-state index in [2.05, 4.69) is 20.5 Å². The third-order valence-electron chi connectivity index (χ3n) is 3.03. The maximum absolute atomic E-state index is 6.40. The molecule has 20 heavy (non-hydrogen) atoms. The maximum atomic E-state index is 6.40. The van der Waals surface area contributed by atoms with Crippen LogP contribution in [0.25, 0.3) is 17.1 Å². The molecule has 0 unspecified atom stereocenters. The SMILES string of the molecule is CCn1nnc(-c2cnn(-c3ccccc3C)c2Cl)n1. The smallest absolute Gasteiger partial charge is 0.209 e. The Morgan fingerprint density at radius 2 is 2.05 bits per heavy atom. The standard InChI is InChI=1S/C13H13ClN6/c1-3-19-17-13(16-18-19)10-8-15-20(12(10)14)11-7-5-4-6-9(11)2/h4-8H,3H2,1-2H3. The summed E-state index contributed by atoms with van der Waals surface area (Å²) in [5.41, 5.74) is 2.70. The molecule has 0 aliphatic carbocycles. The van der Waals surface area contributed by atoms with E-state index in [9.17, 15) is 0 Å². The molecular weight excluding hydrogens is 276 g/mol. The summed E-state index contributed by atoms with van der Waals surface area (Å²) in [5, 5.41) is 17.0. The third kappa shape index (κ3) is 2.08. The highest BCUT2D eigenvalue weighted by atomic mass is 35.5. The average molecular weight is 289 g/mol. The number of aryl methyl sites for hydroxylation is 2. The summed E-state index contributed by atoms with van der Waals surface area (Å²) < 4.78 is 1.68. The number of tetrazole rings is 1. The lowest BCUT2D eigenvalue weighted by Crippen LogP contribution is -1.99. The fraction of sp³-hybridized carbons (Fsp3) is 0.231. The molecule has 3 aromatic rings. The van der Waals surface area contributed by atoms with Gasteiger partial charge in [-0.25, -0.2) is 4.68 Å². The van der Waals surface area contributed by atoms with Crippen molar-refractivity contribution in [2.45, 2.75) is 20.4 Å². The Kier molecular flexibility index (Phi) is 3.23. The second-order valence-electron chi connectivity index (χ2n) is 4.35. The van der Waals surface area contributed by atoms with Gasteiger partial charge in [0.05, 0.1) is 24.0 Å². The lowest BCUT2D eigenvalue weighted by Gasteiger charge is -2.06. The minimum absolute atomic E-state index is 0.481. The van der Waals surface area contributed by atoms with Crippen LogP contribution in [-0.4, -0.2) is 30.0 Å². The third-order valence-corrected chi connectivity index (χ3v) is 3.39. The topological polar surface area (TPSA) is 61.4 Å². The molecule has 3 rings (SSSR count). The van der Waals surface area contributed by atoms with Gasteiger partial charge in [0, 0.05) is 0 Å². The highest BCUT2D eigenvalue weighted by Gasteiger charge is 2.16. The van der Waals surface area contributed by atoms with Crippen LogP contribution in [0, 0.1) is 6.92 Å². The zero-order valence-corrected chi connectivity index (χ0v) is 11.9. The fourth-order valence-corrected chi connectivity index (χ4v) is 2.21. The van der Waals surface area contributed by atoms with E-state index in [0.29, 0.717) is 23.1 Å². The lowest BCUT2D eigenvalue weighted by atomic mass is 10.2. The number of hydrogen-bond acceptors (Lipinski definition) is 4. The predicted molar refractivity (Wildman–Crippen MR) is 75.8 cm³/mol. The van der Waals surface area contributed by atoms with Gasteiger partial charge < -0.3 is 0 Å². The molecule has 0 aliphatic rings. The zero-order chi connectivity index (χ0) is 14.1. The molecule has 6 nitrogen and oxygen atoms in total. The molecule has 102 valence electrons. The monoisotopic (exact) mass is 288 g/mol. The fourth-order valence-electron chi connectivity index (χ4n) is 1.94. The Morgan fingerprint density at radius 3 is 2.75 bits per heavy atom. The summed E-state index contributed by atoms with van der Waals surface area (Å²) in [6.07, 6.45) is 1.66. The van der Waals surface area contributed by atoms with E-state index in [1.807, 2.05) is 38.1 Å². The molecule has 2 heterocycles. The van der Waals surface area contributed by atoms with Crippen LogP contribution >= 0.6 is 11.6 Å². The number of para-hydroxylation sites is 1. The Balaban J connectivity index is 2.07. The first-order chi connectivity index (χ1) is 9.70. The maximum Gasteiger partial charge on any atom is 0.209 e. The Labute approximate surface area is 121 Å². The highest BCUT2D eigenvalue weighted by molar-refractivity contribution is 6.32. The van der Waals surface area contributed by atoms with Crippen LogP contribution in [0.3, 0.4) is 0 Å². The Hall–Kier alpha value is -2.21. The van der Waals surface area contributed by atoms with Crippen LogP contribution in [0.1, 0.15) is 12.5 Å². The lowest BCUT2D eigenvalue weighted by molar-refractivity contribution is 0.553. The highest BCUT2D eigenvalue weighted by Crippen LogP contribution is 2.27. The Bertz CT molecular complexity index is 745. The molecule has 0 N–H and O–H groups in total. The van der Waals surface area contributed by atoms with Crippen molar-refractivity contribution in [2.75, 3.05) is 0 Å². The first-order valence-corrected chi connectivity index (χ1v) is 6.66. The zero-order valence-electron chi connectivity index (χ0n) is 11.2. The number of nitrogens with zero attached hydrogens (tertiary/aromatic N) is 6. The average Bonchev–Trinajstić information content (AvgIpc) is 3.06. The minimum Gasteiger partial charge on any atom is -0.221 e. The van der Waals surface area contributed by atoms with Crippen molar-refractivity contribution >= 4 is 11.6 Å². The summed E-state index contributed by atoms with van der Waals surface area (Å²) >= 11 is 6.40. The molecule has 7 heteroatoms.